The second-order valence-corrected chi connectivity index (χ2v) is 14.0. The molecule has 3 aromatic carbocycles. The van der Waals surface area contributed by atoms with Crippen LogP contribution in [0, 0.1) is 0 Å². The largest absolute Gasteiger partial charge is 0.352 e. The number of hydrogen-bond donors (Lipinski definition) is 2. The highest BCUT2D eigenvalue weighted by Gasteiger charge is 2.48. The number of carbonyl (C=O) groups is 2. The van der Waals surface area contributed by atoms with Crippen molar-refractivity contribution in [2.24, 2.45) is 0 Å². The zero-order valence-electron chi connectivity index (χ0n) is 23.5. The number of aryl methyl sites for hydroxylation is 1. The van der Waals surface area contributed by atoms with Crippen LogP contribution < -0.4 is 10.6 Å². The minimum absolute atomic E-state index is 0.0977. The predicted octanol–water partition coefficient (Wildman–Crippen LogP) is 5.44. The van der Waals surface area contributed by atoms with Crippen molar-refractivity contribution in [3.8, 4) is 11.1 Å². The molecule has 0 spiro atoms. The molecule has 0 bridgehead atoms. The van der Waals surface area contributed by atoms with Crippen LogP contribution in [-0.4, -0.2) is 54.1 Å². The fourth-order valence-corrected chi connectivity index (χ4v) is 6.61. The summed E-state index contributed by atoms with van der Waals surface area (Å²) in [5.41, 5.74) is 4.47. The minimum atomic E-state index is -1.66. The molecule has 1 aliphatic heterocycles. The summed E-state index contributed by atoms with van der Waals surface area (Å²) in [4.78, 5) is 28.8. The van der Waals surface area contributed by atoms with E-state index in [0.29, 0.717) is 12.8 Å². The van der Waals surface area contributed by atoms with Crippen LogP contribution in [0.25, 0.3) is 11.1 Å². The van der Waals surface area contributed by atoms with Crippen LogP contribution in [0.3, 0.4) is 0 Å². The van der Waals surface area contributed by atoms with Gasteiger partial charge in [-0.05, 0) is 60.0 Å². The van der Waals surface area contributed by atoms with E-state index in [4.69, 9.17) is 0 Å². The molecule has 3 aromatic rings. The summed E-state index contributed by atoms with van der Waals surface area (Å²) in [6, 6.07) is 26.5. The average molecular weight is 592 g/mol. The third-order valence-electron chi connectivity index (χ3n) is 8.37. The quantitative estimate of drug-likeness (QED) is 0.218. The maximum absolute atomic E-state index is 14.3. The predicted molar refractivity (Wildman–Crippen MR) is 171 cm³/mol. The van der Waals surface area contributed by atoms with E-state index in [1.807, 2.05) is 54.6 Å². The summed E-state index contributed by atoms with van der Waals surface area (Å²) in [6.07, 6.45) is 4.65. The van der Waals surface area contributed by atoms with E-state index in [9.17, 15) is 14.0 Å². The van der Waals surface area contributed by atoms with E-state index < -0.39 is 10.6 Å². The Balaban J connectivity index is 1.18. The number of hydrogen-bond acceptors (Lipinski definition) is 3. The first kappa shape index (κ1) is 29.8. The zero-order valence-corrected chi connectivity index (χ0v) is 25.8. The van der Waals surface area contributed by atoms with E-state index in [-0.39, 0.29) is 24.4 Å². The normalized spacial score (nSPS) is 17.6. The van der Waals surface area contributed by atoms with Crippen LogP contribution in [0.2, 0.25) is 0 Å². The highest BCUT2D eigenvalue weighted by atomic mass is 31.1. The van der Waals surface area contributed by atoms with Gasteiger partial charge >= 0.3 is 0 Å². The average Bonchev–Trinajstić information content (AvgIpc) is 3.54. The van der Waals surface area contributed by atoms with E-state index in [1.165, 1.54) is 5.56 Å². The molecule has 41 heavy (non-hydrogen) atoms. The number of halogens is 1. The second-order valence-electron chi connectivity index (χ2n) is 11.4. The Hall–Kier alpha value is -2.65. The standard InChI is InChI=1S/C33H40FN3O2P2/c34-33(40,41)23-35-31(39)32(28-14-6-4-12-26(28)27-13-5-7-15-29(27)32)19-8-9-20-37-21-18-25(22-37)36-30(38)17-16-24-10-2-1-3-11-24/h1-7,10-15,25H,8-9,16-23,40-41H2,(H,35,39)(H,36,38). The van der Waals surface area contributed by atoms with Gasteiger partial charge in [0.15, 0.2) is 5.15 Å². The molecule has 1 aliphatic carbocycles. The molecule has 2 aliphatic rings. The van der Waals surface area contributed by atoms with Crippen molar-refractivity contribution in [1.82, 2.24) is 15.5 Å². The number of rotatable bonds is 12. The highest BCUT2D eigenvalue weighted by Crippen LogP contribution is 2.51. The molecule has 5 rings (SSSR count). The molecule has 3 atom stereocenters. The van der Waals surface area contributed by atoms with Gasteiger partial charge in [-0.1, -0.05) is 104 Å². The lowest BCUT2D eigenvalue weighted by atomic mass is 9.73. The summed E-state index contributed by atoms with van der Waals surface area (Å²) in [6.45, 7) is 2.64. The van der Waals surface area contributed by atoms with Crippen LogP contribution in [0.5, 0.6) is 0 Å². The summed E-state index contributed by atoms with van der Waals surface area (Å²) in [5.74, 6) is -0.0400. The fraction of sp³-hybridized carbons (Fsp3) is 0.394. The molecule has 3 unspecified atom stereocenters. The molecule has 1 fully saturated rings. The molecular formula is C33H40FN3O2P2. The van der Waals surface area contributed by atoms with Gasteiger partial charge in [-0.15, -0.1) is 0 Å². The molecule has 0 radical (unpaired) electrons. The monoisotopic (exact) mass is 591 g/mol. The van der Waals surface area contributed by atoms with Gasteiger partial charge in [-0.3, -0.25) is 9.59 Å². The van der Waals surface area contributed by atoms with Crippen molar-refractivity contribution >= 4 is 30.3 Å². The number of carbonyl (C=O) groups excluding carboxylic acids is 2. The van der Waals surface area contributed by atoms with Gasteiger partial charge in [-0.2, -0.15) is 0 Å². The topological polar surface area (TPSA) is 61.4 Å². The highest BCUT2D eigenvalue weighted by molar-refractivity contribution is 7.39. The van der Waals surface area contributed by atoms with Crippen molar-refractivity contribution < 1.29 is 14.0 Å². The Labute approximate surface area is 247 Å². The van der Waals surface area contributed by atoms with E-state index >= 15 is 0 Å². The Kier molecular flexibility index (Phi) is 9.54. The lowest BCUT2D eigenvalue weighted by molar-refractivity contribution is -0.125. The minimum Gasteiger partial charge on any atom is -0.352 e. The van der Waals surface area contributed by atoms with Gasteiger partial charge in [0.1, 0.15) is 5.41 Å². The lowest BCUT2D eigenvalue weighted by Crippen LogP contribution is -2.46. The van der Waals surface area contributed by atoms with Crippen molar-refractivity contribution in [2.45, 2.75) is 55.1 Å². The molecule has 0 aromatic heterocycles. The molecule has 216 valence electrons. The van der Waals surface area contributed by atoms with Crippen LogP contribution in [0.15, 0.2) is 78.9 Å². The first-order valence-electron chi connectivity index (χ1n) is 14.6. The Morgan fingerprint density at radius 3 is 2.22 bits per heavy atom. The number of benzene rings is 3. The molecular weight excluding hydrogens is 551 g/mol. The van der Waals surface area contributed by atoms with Gasteiger partial charge < -0.3 is 15.5 Å². The molecule has 0 saturated carbocycles. The first-order valence-corrected chi connectivity index (χ1v) is 15.7. The molecule has 8 heteroatoms. The molecule has 1 saturated heterocycles. The maximum Gasteiger partial charge on any atom is 0.235 e. The smallest absolute Gasteiger partial charge is 0.235 e. The summed E-state index contributed by atoms with van der Waals surface area (Å²) < 4.78 is 14.3. The van der Waals surface area contributed by atoms with Gasteiger partial charge in [0.2, 0.25) is 11.8 Å². The number of nitrogens with one attached hydrogen (secondary N) is 2. The van der Waals surface area contributed by atoms with Crippen molar-refractivity contribution in [2.75, 3.05) is 26.2 Å². The van der Waals surface area contributed by atoms with Crippen LogP contribution in [0.4, 0.5) is 4.39 Å². The van der Waals surface area contributed by atoms with Gasteiger partial charge in [0, 0.05) is 25.6 Å². The summed E-state index contributed by atoms with van der Waals surface area (Å²) in [7, 11) is 4.27. The van der Waals surface area contributed by atoms with Gasteiger partial charge in [0.25, 0.3) is 0 Å². The number of fused-ring (bicyclic) bond motifs is 3. The fourth-order valence-electron chi connectivity index (χ4n) is 6.40. The lowest BCUT2D eigenvalue weighted by Gasteiger charge is -2.32. The second kappa shape index (κ2) is 13.1. The Morgan fingerprint density at radius 1 is 0.927 bits per heavy atom. The van der Waals surface area contributed by atoms with Crippen molar-refractivity contribution in [3.63, 3.8) is 0 Å². The van der Waals surface area contributed by atoms with E-state index in [2.05, 4.69) is 58.3 Å². The van der Waals surface area contributed by atoms with Crippen molar-refractivity contribution in [1.29, 1.82) is 0 Å². The SMILES string of the molecule is O=C(CCc1ccccc1)NC1CCN(CCCCC2(C(=O)NCC(F)(P)P)c3ccccc3-c3ccccc32)C1. The summed E-state index contributed by atoms with van der Waals surface area (Å²) in [5, 5.41) is 4.47. The molecule has 2 N–H and O–H groups in total. The molecule has 1 heterocycles. The number of amides is 2. The molecule has 2 amide bonds. The van der Waals surface area contributed by atoms with Crippen LogP contribution in [-0.2, 0) is 21.4 Å². The van der Waals surface area contributed by atoms with Crippen molar-refractivity contribution in [3.05, 3.63) is 95.6 Å². The number of alkyl halides is 1. The number of nitrogens with zero attached hydrogens (tertiary/aromatic N) is 1. The Morgan fingerprint density at radius 2 is 1.56 bits per heavy atom. The van der Waals surface area contributed by atoms with Crippen LogP contribution in [0.1, 0.15) is 48.8 Å². The third-order valence-corrected chi connectivity index (χ3v) is 8.78. The zero-order chi connectivity index (χ0) is 28.9. The Bertz CT molecular complexity index is 1320. The first-order chi connectivity index (χ1) is 19.8. The third kappa shape index (κ3) is 7.05. The molecule has 5 nitrogen and oxygen atoms in total. The van der Waals surface area contributed by atoms with E-state index in [0.717, 1.165) is 67.6 Å². The summed E-state index contributed by atoms with van der Waals surface area (Å²) >= 11 is 0. The van der Waals surface area contributed by atoms with Crippen LogP contribution >= 0.6 is 18.5 Å². The number of unbranched alkanes of at least 4 members (excludes halogenated alkanes) is 1. The van der Waals surface area contributed by atoms with E-state index in [1.54, 1.807) is 0 Å². The number of likely N-dealkylation sites (tertiary alicyclic amines) is 1. The van der Waals surface area contributed by atoms with Gasteiger partial charge in [0.05, 0.1) is 6.54 Å². The maximum atomic E-state index is 14.3. The van der Waals surface area contributed by atoms with Gasteiger partial charge in [-0.25, -0.2) is 4.39 Å².